The number of nitrogens with two attached hydrogens (primary N) is 1. The van der Waals surface area contributed by atoms with Gasteiger partial charge in [-0.3, -0.25) is 9.79 Å². The van der Waals surface area contributed by atoms with Crippen molar-refractivity contribution in [2.75, 3.05) is 13.6 Å². The number of aromatic nitrogens is 1. The van der Waals surface area contributed by atoms with Gasteiger partial charge in [0.1, 0.15) is 0 Å². The summed E-state index contributed by atoms with van der Waals surface area (Å²) in [6.07, 6.45) is 2.83. The Labute approximate surface area is 87.1 Å². The lowest BCUT2D eigenvalue weighted by atomic mass is 10.3. The van der Waals surface area contributed by atoms with Gasteiger partial charge in [-0.15, -0.1) is 11.3 Å². The number of thiazole rings is 1. The Balaban J connectivity index is 2.81. The van der Waals surface area contributed by atoms with Crippen molar-refractivity contribution in [1.82, 2.24) is 4.57 Å². The number of rotatable bonds is 5. The van der Waals surface area contributed by atoms with E-state index in [0.717, 1.165) is 30.5 Å². The molecule has 0 unspecified atom stereocenters. The zero-order valence-electron chi connectivity index (χ0n) is 8.27. The molecule has 0 spiro atoms. The summed E-state index contributed by atoms with van der Waals surface area (Å²) in [5.74, 6) is 0. The average molecular weight is 213 g/mol. The Bertz CT molecular complexity index is 353. The second kappa shape index (κ2) is 5.72. The van der Waals surface area contributed by atoms with Gasteiger partial charge in [-0.25, -0.2) is 0 Å². The number of carbonyl (C=O) groups is 1. The summed E-state index contributed by atoms with van der Waals surface area (Å²) >= 11 is 1.49. The van der Waals surface area contributed by atoms with Crippen LogP contribution in [0.3, 0.4) is 0 Å². The number of nitrogens with zero attached hydrogens (tertiary/aromatic N) is 2. The predicted octanol–water partition coefficient (Wildman–Crippen LogP) is 0.632. The van der Waals surface area contributed by atoms with Crippen molar-refractivity contribution in [2.45, 2.75) is 19.4 Å². The zero-order chi connectivity index (χ0) is 10.4. The minimum atomic E-state index is 0.694. The molecule has 1 aromatic heterocycles. The summed E-state index contributed by atoms with van der Waals surface area (Å²) in [6.45, 7) is 1.52. The molecule has 0 saturated heterocycles. The van der Waals surface area contributed by atoms with Crippen LogP contribution >= 0.6 is 11.3 Å². The lowest BCUT2D eigenvalue weighted by Crippen LogP contribution is -2.18. The largest absolute Gasteiger partial charge is 0.330 e. The van der Waals surface area contributed by atoms with Crippen LogP contribution in [0, 0.1) is 0 Å². The van der Waals surface area contributed by atoms with E-state index in [2.05, 4.69) is 4.99 Å². The molecule has 0 atom stereocenters. The smallest absolute Gasteiger partial charge is 0.184 e. The van der Waals surface area contributed by atoms with E-state index in [-0.39, 0.29) is 0 Å². The highest BCUT2D eigenvalue weighted by Crippen LogP contribution is 2.01. The molecular formula is C9H15N3OS. The monoisotopic (exact) mass is 213 g/mol. The van der Waals surface area contributed by atoms with E-state index in [1.165, 1.54) is 11.3 Å². The molecule has 14 heavy (non-hydrogen) atoms. The third-order valence-electron chi connectivity index (χ3n) is 1.98. The normalized spacial score (nSPS) is 12.0. The topological polar surface area (TPSA) is 60.4 Å². The Morgan fingerprint density at radius 3 is 3.00 bits per heavy atom. The fraction of sp³-hybridized carbons (Fsp3) is 0.556. The quantitative estimate of drug-likeness (QED) is 0.576. The Morgan fingerprint density at radius 2 is 2.43 bits per heavy atom. The van der Waals surface area contributed by atoms with Crippen LogP contribution in [0.15, 0.2) is 10.4 Å². The van der Waals surface area contributed by atoms with Gasteiger partial charge >= 0.3 is 0 Å². The second-order valence-corrected chi connectivity index (χ2v) is 3.77. The van der Waals surface area contributed by atoms with Crippen molar-refractivity contribution in [1.29, 1.82) is 0 Å². The van der Waals surface area contributed by atoms with E-state index in [9.17, 15) is 4.79 Å². The van der Waals surface area contributed by atoms with E-state index >= 15 is 0 Å². The molecule has 1 rings (SSSR count). The summed E-state index contributed by atoms with van der Waals surface area (Å²) in [6, 6.07) is 0. The highest BCUT2D eigenvalue weighted by Gasteiger charge is 2.02. The van der Waals surface area contributed by atoms with E-state index in [4.69, 9.17) is 5.73 Å². The van der Waals surface area contributed by atoms with Gasteiger partial charge in [0.25, 0.3) is 0 Å². The van der Waals surface area contributed by atoms with Crippen molar-refractivity contribution in [3.05, 3.63) is 15.9 Å². The van der Waals surface area contributed by atoms with E-state index < -0.39 is 0 Å². The molecule has 1 heterocycles. The molecule has 0 aliphatic carbocycles. The number of unbranched alkanes of at least 4 members (excludes halogenated alkanes) is 1. The third-order valence-corrected chi connectivity index (χ3v) is 2.95. The lowest BCUT2D eigenvalue weighted by molar-refractivity contribution is 0.111. The highest BCUT2D eigenvalue weighted by molar-refractivity contribution is 7.07. The number of aldehydes is 1. The summed E-state index contributed by atoms with van der Waals surface area (Å²) in [7, 11) is 1.74. The maximum Gasteiger partial charge on any atom is 0.184 e. The van der Waals surface area contributed by atoms with E-state index in [0.29, 0.717) is 12.2 Å². The molecule has 0 fully saturated rings. The Morgan fingerprint density at radius 1 is 1.64 bits per heavy atom. The fourth-order valence-electron chi connectivity index (χ4n) is 1.25. The molecule has 0 saturated carbocycles. The van der Waals surface area contributed by atoms with Crippen molar-refractivity contribution < 1.29 is 4.79 Å². The number of hydrogen-bond donors (Lipinski definition) is 1. The van der Waals surface area contributed by atoms with Crippen LogP contribution in [-0.4, -0.2) is 24.4 Å². The lowest BCUT2D eigenvalue weighted by Gasteiger charge is -2.03. The molecule has 2 N–H and O–H groups in total. The maximum absolute atomic E-state index is 10.7. The molecule has 0 bridgehead atoms. The number of hydrogen-bond acceptors (Lipinski definition) is 4. The molecule has 0 amide bonds. The summed E-state index contributed by atoms with van der Waals surface area (Å²) in [4.78, 5) is 15.7. The summed E-state index contributed by atoms with van der Waals surface area (Å²) in [5, 5.41) is 1.83. The van der Waals surface area contributed by atoms with Crippen molar-refractivity contribution in [3.63, 3.8) is 0 Å². The van der Waals surface area contributed by atoms with Gasteiger partial charge in [0.2, 0.25) is 0 Å². The van der Waals surface area contributed by atoms with Gasteiger partial charge in [0.15, 0.2) is 11.1 Å². The first-order chi connectivity index (χ1) is 6.83. The molecule has 5 heteroatoms. The standard InChI is InChI=1S/C9H15N3OS/c1-11-9-12(5-3-2-4-10)8(6-13)7-14-9/h6-7H,2-5,10H2,1H3. The van der Waals surface area contributed by atoms with Gasteiger partial charge in [-0.2, -0.15) is 0 Å². The van der Waals surface area contributed by atoms with Crippen LogP contribution < -0.4 is 10.5 Å². The number of carbonyl (C=O) groups excluding carboxylic acids is 1. The first-order valence-corrected chi connectivity index (χ1v) is 5.48. The predicted molar refractivity (Wildman–Crippen MR) is 57.5 cm³/mol. The Hall–Kier alpha value is -0.940. The molecule has 78 valence electrons. The molecule has 1 aromatic rings. The summed E-state index contributed by atoms with van der Waals surface area (Å²) < 4.78 is 1.94. The van der Waals surface area contributed by atoms with Crippen molar-refractivity contribution in [2.24, 2.45) is 10.7 Å². The Kier molecular flexibility index (Phi) is 4.55. The molecule has 0 aromatic carbocycles. The van der Waals surface area contributed by atoms with Gasteiger partial charge in [0.05, 0.1) is 5.69 Å². The molecule has 0 radical (unpaired) electrons. The second-order valence-electron chi connectivity index (χ2n) is 2.93. The van der Waals surface area contributed by atoms with Gasteiger partial charge in [-0.1, -0.05) is 0 Å². The van der Waals surface area contributed by atoms with Crippen LogP contribution in [-0.2, 0) is 6.54 Å². The summed E-state index contributed by atoms with van der Waals surface area (Å²) in [5.41, 5.74) is 6.11. The highest BCUT2D eigenvalue weighted by atomic mass is 32.1. The van der Waals surface area contributed by atoms with Crippen LogP contribution in [0.4, 0.5) is 0 Å². The van der Waals surface area contributed by atoms with E-state index in [1.807, 2.05) is 9.95 Å². The minimum Gasteiger partial charge on any atom is -0.330 e. The first kappa shape index (κ1) is 11.1. The van der Waals surface area contributed by atoms with Crippen molar-refractivity contribution in [3.8, 4) is 0 Å². The van der Waals surface area contributed by atoms with Crippen molar-refractivity contribution >= 4 is 17.6 Å². The average Bonchev–Trinajstić information content (AvgIpc) is 2.60. The van der Waals surface area contributed by atoms with Crippen LogP contribution in [0.2, 0.25) is 0 Å². The van der Waals surface area contributed by atoms with Gasteiger partial charge in [0, 0.05) is 19.0 Å². The zero-order valence-corrected chi connectivity index (χ0v) is 9.09. The minimum absolute atomic E-state index is 0.694. The molecule has 4 nitrogen and oxygen atoms in total. The first-order valence-electron chi connectivity index (χ1n) is 4.60. The third kappa shape index (κ3) is 2.52. The van der Waals surface area contributed by atoms with Crippen LogP contribution in [0.5, 0.6) is 0 Å². The molecule has 0 aliphatic heterocycles. The van der Waals surface area contributed by atoms with E-state index in [1.54, 1.807) is 7.05 Å². The van der Waals surface area contributed by atoms with Crippen LogP contribution in [0.1, 0.15) is 23.3 Å². The van der Waals surface area contributed by atoms with Gasteiger partial charge < -0.3 is 10.3 Å². The SMILES string of the molecule is CN=c1scc(C=O)n1CCCCN. The van der Waals surface area contributed by atoms with Crippen LogP contribution in [0.25, 0.3) is 0 Å². The fourth-order valence-corrected chi connectivity index (χ4v) is 2.09. The van der Waals surface area contributed by atoms with Gasteiger partial charge in [-0.05, 0) is 19.4 Å². The molecule has 0 aliphatic rings. The maximum atomic E-state index is 10.7. The molecular weight excluding hydrogens is 198 g/mol.